The number of likely N-dealkylation sites (tertiary alicyclic amines) is 1. The lowest BCUT2D eigenvalue weighted by Crippen LogP contribution is -2.36. The minimum absolute atomic E-state index is 0.0645. The first-order valence-electron chi connectivity index (χ1n) is 9.21. The Hall–Kier alpha value is -2.59. The normalized spacial score (nSPS) is 18.3. The number of phenols is 1. The van der Waals surface area contributed by atoms with E-state index in [4.69, 9.17) is 4.42 Å². The number of phenolic OH excluding ortho intramolecular Hbond substituents is 1. The summed E-state index contributed by atoms with van der Waals surface area (Å²) in [5.74, 6) is 0.186. The van der Waals surface area contributed by atoms with Crippen molar-refractivity contribution in [2.45, 2.75) is 38.8 Å². The van der Waals surface area contributed by atoms with Gasteiger partial charge in [-0.1, -0.05) is 36.8 Å². The van der Waals surface area contributed by atoms with Crippen molar-refractivity contribution in [1.82, 2.24) is 4.90 Å². The van der Waals surface area contributed by atoms with E-state index in [1.807, 2.05) is 30.3 Å². The smallest absolute Gasteiger partial charge is 0.200 e. The fourth-order valence-corrected chi connectivity index (χ4v) is 3.81. The van der Waals surface area contributed by atoms with Crippen molar-refractivity contribution >= 4 is 11.0 Å². The van der Waals surface area contributed by atoms with Crippen LogP contribution in [0.15, 0.2) is 57.9 Å². The standard InChI is InChI=1S/C22H23NO3/c1-15-7-5-6-12-23(15)13-18-20(24)11-10-17-21(25)19(14-26-22(17)18)16-8-3-2-4-9-16/h2-4,8-11,14-15,24H,5-7,12-13H2,1H3. The highest BCUT2D eigenvalue weighted by molar-refractivity contribution is 5.85. The van der Waals surface area contributed by atoms with E-state index < -0.39 is 0 Å². The summed E-state index contributed by atoms with van der Waals surface area (Å²) in [5.41, 5.74) is 2.51. The second-order valence-electron chi connectivity index (χ2n) is 7.10. The van der Waals surface area contributed by atoms with Crippen molar-refractivity contribution in [3.8, 4) is 16.9 Å². The highest BCUT2D eigenvalue weighted by atomic mass is 16.3. The summed E-state index contributed by atoms with van der Waals surface area (Å²) in [6.45, 7) is 3.81. The van der Waals surface area contributed by atoms with Crippen LogP contribution < -0.4 is 5.43 Å². The van der Waals surface area contributed by atoms with E-state index in [1.165, 1.54) is 12.7 Å². The fraction of sp³-hybridized carbons (Fsp3) is 0.318. The van der Waals surface area contributed by atoms with E-state index in [2.05, 4.69) is 11.8 Å². The monoisotopic (exact) mass is 349 g/mol. The number of hydrogen-bond acceptors (Lipinski definition) is 4. The Morgan fingerprint density at radius 2 is 1.96 bits per heavy atom. The van der Waals surface area contributed by atoms with Gasteiger partial charge in [0.1, 0.15) is 17.6 Å². The van der Waals surface area contributed by atoms with Gasteiger partial charge in [-0.25, -0.2) is 0 Å². The summed E-state index contributed by atoms with van der Waals surface area (Å²) in [6.07, 6.45) is 5.09. The number of piperidine rings is 1. The maximum Gasteiger partial charge on any atom is 0.200 e. The summed E-state index contributed by atoms with van der Waals surface area (Å²) in [4.78, 5) is 15.3. The molecule has 4 rings (SSSR count). The third kappa shape index (κ3) is 3.01. The van der Waals surface area contributed by atoms with Crippen LogP contribution >= 0.6 is 0 Å². The van der Waals surface area contributed by atoms with Gasteiger partial charge in [0.05, 0.1) is 16.5 Å². The molecule has 2 aromatic carbocycles. The minimum Gasteiger partial charge on any atom is -0.507 e. The van der Waals surface area contributed by atoms with Gasteiger partial charge in [0.2, 0.25) is 5.43 Å². The zero-order valence-electron chi connectivity index (χ0n) is 14.9. The van der Waals surface area contributed by atoms with Gasteiger partial charge in [-0.15, -0.1) is 0 Å². The first-order valence-corrected chi connectivity index (χ1v) is 9.21. The summed E-state index contributed by atoms with van der Waals surface area (Å²) in [5, 5.41) is 10.9. The van der Waals surface area contributed by atoms with Crippen LogP contribution in [0.25, 0.3) is 22.1 Å². The number of fused-ring (bicyclic) bond motifs is 1. The van der Waals surface area contributed by atoms with Crippen LogP contribution in [-0.4, -0.2) is 22.6 Å². The molecule has 0 radical (unpaired) electrons. The molecule has 4 heteroatoms. The van der Waals surface area contributed by atoms with Crippen LogP contribution in [0.3, 0.4) is 0 Å². The number of aromatic hydroxyl groups is 1. The number of rotatable bonds is 3. The van der Waals surface area contributed by atoms with E-state index in [1.54, 1.807) is 12.1 Å². The topological polar surface area (TPSA) is 53.7 Å². The second-order valence-corrected chi connectivity index (χ2v) is 7.10. The lowest BCUT2D eigenvalue weighted by atomic mass is 10.0. The van der Waals surface area contributed by atoms with Crippen molar-refractivity contribution < 1.29 is 9.52 Å². The molecule has 1 saturated heterocycles. The van der Waals surface area contributed by atoms with E-state index in [9.17, 15) is 9.90 Å². The van der Waals surface area contributed by atoms with E-state index >= 15 is 0 Å². The van der Waals surface area contributed by atoms with Crippen molar-refractivity contribution in [3.05, 3.63) is 64.5 Å². The molecule has 1 aliphatic heterocycles. The molecule has 0 aliphatic carbocycles. The first kappa shape index (κ1) is 16.9. The molecule has 4 nitrogen and oxygen atoms in total. The van der Waals surface area contributed by atoms with Crippen molar-refractivity contribution in [3.63, 3.8) is 0 Å². The zero-order chi connectivity index (χ0) is 18.1. The molecule has 0 amide bonds. The highest BCUT2D eigenvalue weighted by Crippen LogP contribution is 2.30. The molecule has 2 heterocycles. The summed E-state index contributed by atoms with van der Waals surface area (Å²) < 4.78 is 5.88. The van der Waals surface area contributed by atoms with Gasteiger partial charge in [-0.3, -0.25) is 9.69 Å². The average Bonchev–Trinajstić information content (AvgIpc) is 2.66. The van der Waals surface area contributed by atoms with Crippen LogP contribution in [0, 0.1) is 0 Å². The molecule has 1 aromatic heterocycles. The van der Waals surface area contributed by atoms with Crippen LogP contribution in [0.2, 0.25) is 0 Å². The Labute approximate surface area is 152 Å². The maximum atomic E-state index is 13.0. The molecule has 1 unspecified atom stereocenters. The van der Waals surface area contributed by atoms with Crippen LogP contribution in [0.5, 0.6) is 5.75 Å². The van der Waals surface area contributed by atoms with Crippen LogP contribution in [-0.2, 0) is 6.54 Å². The van der Waals surface area contributed by atoms with Crippen LogP contribution in [0.1, 0.15) is 31.7 Å². The Bertz CT molecular complexity index is 978. The molecule has 1 N–H and O–H groups in total. The molecule has 1 fully saturated rings. The number of nitrogens with zero attached hydrogens (tertiary/aromatic N) is 1. The average molecular weight is 349 g/mol. The Balaban J connectivity index is 1.80. The molecule has 0 saturated carbocycles. The summed E-state index contributed by atoms with van der Waals surface area (Å²) in [6, 6.07) is 13.3. The molecule has 0 spiro atoms. The van der Waals surface area contributed by atoms with Gasteiger partial charge in [0, 0.05) is 12.6 Å². The van der Waals surface area contributed by atoms with Gasteiger partial charge in [-0.2, -0.15) is 0 Å². The zero-order valence-corrected chi connectivity index (χ0v) is 14.9. The highest BCUT2D eigenvalue weighted by Gasteiger charge is 2.22. The van der Waals surface area contributed by atoms with Gasteiger partial charge < -0.3 is 9.52 Å². The van der Waals surface area contributed by atoms with Gasteiger partial charge in [0.15, 0.2) is 0 Å². The minimum atomic E-state index is -0.0645. The quantitative estimate of drug-likeness (QED) is 0.754. The number of benzene rings is 2. The maximum absolute atomic E-state index is 13.0. The predicted octanol–water partition coefficient (Wildman–Crippen LogP) is 4.54. The first-order chi connectivity index (χ1) is 12.6. The lowest BCUT2D eigenvalue weighted by molar-refractivity contribution is 0.151. The van der Waals surface area contributed by atoms with E-state index in [0.717, 1.165) is 24.9 Å². The third-order valence-electron chi connectivity index (χ3n) is 5.41. The Morgan fingerprint density at radius 1 is 1.15 bits per heavy atom. The summed E-state index contributed by atoms with van der Waals surface area (Å²) >= 11 is 0. The molecular weight excluding hydrogens is 326 g/mol. The molecular formula is C22H23NO3. The SMILES string of the molecule is CC1CCCCN1Cc1c(O)ccc2c(=O)c(-c3ccccc3)coc12. The van der Waals surface area contributed by atoms with Gasteiger partial charge in [0.25, 0.3) is 0 Å². The lowest BCUT2D eigenvalue weighted by Gasteiger charge is -2.33. The molecule has 0 bridgehead atoms. The molecule has 3 aromatic rings. The van der Waals surface area contributed by atoms with Gasteiger partial charge >= 0.3 is 0 Å². The second kappa shape index (κ2) is 6.96. The number of hydrogen-bond donors (Lipinski definition) is 1. The third-order valence-corrected chi connectivity index (χ3v) is 5.41. The molecule has 1 aliphatic rings. The molecule has 1 atom stereocenters. The largest absolute Gasteiger partial charge is 0.507 e. The van der Waals surface area contributed by atoms with Crippen molar-refractivity contribution in [2.75, 3.05) is 6.54 Å². The van der Waals surface area contributed by atoms with Gasteiger partial charge in [-0.05, 0) is 44.0 Å². The van der Waals surface area contributed by atoms with E-state index in [0.29, 0.717) is 34.7 Å². The molecule has 26 heavy (non-hydrogen) atoms. The molecule has 134 valence electrons. The van der Waals surface area contributed by atoms with Crippen LogP contribution in [0.4, 0.5) is 0 Å². The summed E-state index contributed by atoms with van der Waals surface area (Å²) in [7, 11) is 0. The van der Waals surface area contributed by atoms with E-state index in [-0.39, 0.29) is 11.2 Å². The Morgan fingerprint density at radius 3 is 2.73 bits per heavy atom. The van der Waals surface area contributed by atoms with Crippen molar-refractivity contribution in [1.29, 1.82) is 0 Å². The predicted molar refractivity (Wildman–Crippen MR) is 103 cm³/mol. The van der Waals surface area contributed by atoms with Crippen molar-refractivity contribution in [2.24, 2.45) is 0 Å². The Kier molecular flexibility index (Phi) is 4.51. The fourth-order valence-electron chi connectivity index (χ4n) is 3.81.